The Labute approximate surface area is 157 Å². The van der Waals surface area contributed by atoms with Gasteiger partial charge in [0.15, 0.2) is 17.2 Å². The molecule has 8 heteroatoms. The van der Waals surface area contributed by atoms with Crippen molar-refractivity contribution in [2.75, 3.05) is 13.1 Å². The second-order valence-electron chi connectivity index (χ2n) is 7.57. The van der Waals surface area contributed by atoms with E-state index in [0.717, 1.165) is 24.2 Å². The molecule has 0 saturated carbocycles. The van der Waals surface area contributed by atoms with Crippen molar-refractivity contribution < 1.29 is 9.32 Å². The van der Waals surface area contributed by atoms with E-state index in [1.807, 2.05) is 38.7 Å². The van der Waals surface area contributed by atoms with Crippen molar-refractivity contribution in [2.45, 2.75) is 52.4 Å². The van der Waals surface area contributed by atoms with Crippen molar-refractivity contribution in [3.05, 3.63) is 40.9 Å². The van der Waals surface area contributed by atoms with Crippen LogP contribution in [0.15, 0.2) is 16.7 Å². The Bertz CT molecular complexity index is 989. The van der Waals surface area contributed by atoms with E-state index in [-0.39, 0.29) is 17.7 Å². The zero-order chi connectivity index (χ0) is 19.1. The maximum absolute atomic E-state index is 13.0. The van der Waals surface area contributed by atoms with Gasteiger partial charge in [-0.15, -0.1) is 0 Å². The number of aromatic nitrogens is 5. The van der Waals surface area contributed by atoms with E-state index < -0.39 is 0 Å². The third-order valence-corrected chi connectivity index (χ3v) is 4.98. The maximum atomic E-state index is 13.0. The molecule has 1 aliphatic rings. The van der Waals surface area contributed by atoms with Gasteiger partial charge in [-0.1, -0.05) is 19.0 Å². The van der Waals surface area contributed by atoms with E-state index in [0.29, 0.717) is 36.1 Å². The van der Waals surface area contributed by atoms with Crippen LogP contribution in [0.2, 0.25) is 0 Å². The molecule has 1 aliphatic heterocycles. The minimum Gasteiger partial charge on any atom is -0.339 e. The number of carbonyl (C=O) groups excluding carboxylic acids is 1. The molecule has 1 amide bonds. The molecule has 8 nitrogen and oxygen atoms in total. The van der Waals surface area contributed by atoms with Crippen LogP contribution in [0.3, 0.4) is 0 Å². The van der Waals surface area contributed by atoms with Crippen molar-refractivity contribution in [3.8, 4) is 0 Å². The van der Waals surface area contributed by atoms with E-state index in [4.69, 9.17) is 4.52 Å². The molecule has 3 aromatic heterocycles. The monoisotopic (exact) mass is 368 g/mol. The Hall–Kier alpha value is -2.77. The van der Waals surface area contributed by atoms with Crippen molar-refractivity contribution in [1.29, 1.82) is 0 Å². The van der Waals surface area contributed by atoms with Crippen LogP contribution in [0.4, 0.5) is 0 Å². The summed E-state index contributed by atoms with van der Waals surface area (Å²) in [6.45, 7) is 9.24. The van der Waals surface area contributed by atoms with Crippen LogP contribution < -0.4 is 0 Å². The fourth-order valence-electron chi connectivity index (χ4n) is 3.56. The van der Waals surface area contributed by atoms with E-state index in [2.05, 4.69) is 20.2 Å². The third kappa shape index (κ3) is 3.31. The zero-order valence-electron chi connectivity index (χ0n) is 16.1. The Kier molecular flexibility index (Phi) is 4.41. The summed E-state index contributed by atoms with van der Waals surface area (Å²) >= 11 is 0. The van der Waals surface area contributed by atoms with Gasteiger partial charge in [0.1, 0.15) is 0 Å². The molecule has 1 atom stereocenters. The summed E-state index contributed by atoms with van der Waals surface area (Å²) in [5, 5.41) is 8.52. The van der Waals surface area contributed by atoms with E-state index in [1.54, 1.807) is 10.6 Å². The molecule has 3 aromatic rings. The topological polar surface area (TPSA) is 89.4 Å². The zero-order valence-corrected chi connectivity index (χ0v) is 16.1. The number of amides is 1. The van der Waals surface area contributed by atoms with Crippen LogP contribution in [0.5, 0.6) is 0 Å². The standard InChI is InChI=1S/C19H24N6O2/c1-11(2)17-21-18(27-23-17)14-6-5-7-24(10-14)19(26)15-9-16-20-12(3)8-13(4)25(16)22-15/h8-9,11,14H,5-7,10H2,1-4H3/t14-/m1/s1. The first-order valence-electron chi connectivity index (χ1n) is 9.39. The number of fused-ring (bicyclic) bond motifs is 1. The lowest BCUT2D eigenvalue weighted by atomic mass is 9.97. The number of rotatable bonds is 3. The highest BCUT2D eigenvalue weighted by molar-refractivity contribution is 5.93. The van der Waals surface area contributed by atoms with Crippen molar-refractivity contribution >= 4 is 11.6 Å². The molecule has 1 fully saturated rings. The molecule has 0 aliphatic carbocycles. The SMILES string of the molecule is Cc1cc(C)n2nc(C(=O)N3CCC[C@@H](c4nc(C(C)C)no4)C3)cc2n1. The van der Waals surface area contributed by atoms with Crippen molar-refractivity contribution in [3.63, 3.8) is 0 Å². The predicted octanol–water partition coefficient (Wildman–Crippen LogP) is 2.87. The fourth-order valence-corrected chi connectivity index (χ4v) is 3.56. The molecule has 0 radical (unpaired) electrons. The second-order valence-corrected chi connectivity index (χ2v) is 7.57. The van der Waals surface area contributed by atoms with Gasteiger partial charge in [-0.2, -0.15) is 10.1 Å². The number of carbonyl (C=O) groups is 1. The summed E-state index contributed by atoms with van der Waals surface area (Å²) in [5.41, 5.74) is 2.99. The third-order valence-electron chi connectivity index (χ3n) is 4.98. The lowest BCUT2D eigenvalue weighted by molar-refractivity contribution is 0.0689. The van der Waals surface area contributed by atoms with Gasteiger partial charge in [0.05, 0.1) is 5.92 Å². The molecule has 142 valence electrons. The fraction of sp³-hybridized carbons (Fsp3) is 0.526. The molecule has 4 rings (SSSR count). The number of likely N-dealkylation sites (tertiary alicyclic amines) is 1. The van der Waals surface area contributed by atoms with Gasteiger partial charge in [0.2, 0.25) is 5.89 Å². The number of hydrogen-bond acceptors (Lipinski definition) is 6. The largest absolute Gasteiger partial charge is 0.339 e. The van der Waals surface area contributed by atoms with Crippen LogP contribution in [0.25, 0.3) is 5.65 Å². The smallest absolute Gasteiger partial charge is 0.274 e. The Morgan fingerprint density at radius 2 is 2.07 bits per heavy atom. The molecule has 0 bridgehead atoms. The highest BCUT2D eigenvalue weighted by Gasteiger charge is 2.30. The van der Waals surface area contributed by atoms with Crippen molar-refractivity contribution in [1.82, 2.24) is 29.6 Å². The summed E-state index contributed by atoms with van der Waals surface area (Å²) in [7, 11) is 0. The predicted molar refractivity (Wildman–Crippen MR) is 98.7 cm³/mol. The molecule has 1 saturated heterocycles. The second kappa shape index (κ2) is 6.75. The van der Waals surface area contributed by atoms with Crippen LogP contribution in [0, 0.1) is 13.8 Å². The Morgan fingerprint density at radius 1 is 1.26 bits per heavy atom. The van der Waals surface area contributed by atoms with E-state index >= 15 is 0 Å². The minimum absolute atomic E-state index is 0.0711. The number of nitrogens with zero attached hydrogens (tertiary/aromatic N) is 6. The molecule has 0 N–H and O–H groups in total. The highest BCUT2D eigenvalue weighted by Crippen LogP contribution is 2.27. The normalized spacial score (nSPS) is 17.8. The number of hydrogen-bond donors (Lipinski definition) is 0. The summed E-state index contributed by atoms with van der Waals surface area (Å²) < 4.78 is 7.16. The average Bonchev–Trinajstić information content (AvgIpc) is 3.28. The summed E-state index contributed by atoms with van der Waals surface area (Å²) in [4.78, 5) is 23.8. The summed E-state index contributed by atoms with van der Waals surface area (Å²) in [5.74, 6) is 1.55. The van der Waals surface area contributed by atoms with E-state index in [9.17, 15) is 4.79 Å². The summed E-state index contributed by atoms with van der Waals surface area (Å²) in [6, 6.07) is 3.71. The minimum atomic E-state index is -0.0779. The van der Waals surface area contributed by atoms with Gasteiger partial charge in [-0.25, -0.2) is 9.50 Å². The first-order valence-corrected chi connectivity index (χ1v) is 9.39. The first-order chi connectivity index (χ1) is 12.9. The lowest BCUT2D eigenvalue weighted by Crippen LogP contribution is -2.39. The van der Waals surface area contributed by atoms with Gasteiger partial charge >= 0.3 is 0 Å². The van der Waals surface area contributed by atoms with Crippen LogP contribution >= 0.6 is 0 Å². The van der Waals surface area contributed by atoms with Gasteiger partial charge in [-0.3, -0.25) is 4.79 Å². The average molecular weight is 368 g/mol. The molecule has 4 heterocycles. The molecular weight excluding hydrogens is 344 g/mol. The Morgan fingerprint density at radius 3 is 2.81 bits per heavy atom. The van der Waals surface area contributed by atoms with Gasteiger partial charge in [0, 0.05) is 36.5 Å². The molecule has 27 heavy (non-hydrogen) atoms. The summed E-state index contributed by atoms with van der Waals surface area (Å²) in [6.07, 6.45) is 1.84. The highest BCUT2D eigenvalue weighted by atomic mass is 16.5. The van der Waals surface area contributed by atoms with Crippen LogP contribution in [-0.4, -0.2) is 48.6 Å². The number of piperidine rings is 1. The van der Waals surface area contributed by atoms with Crippen molar-refractivity contribution in [2.24, 2.45) is 0 Å². The van der Waals surface area contributed by atoms with Gasteiger partial charge in [-0.05, 0) is 32.8 Å². The molecule has 0 spiro atoms. The van der Waals surface area contributed by atoms with Gasteiger partial charge < -0.3 is 9.42 Å². The Balaban J connectivity index is 1.55. The number of aryl methyl sites for hydroxylation is 2. The van der Waals surface area contributed by atoms with Crippen LogP contribution in [0.1, 0.15) is 72.1 Å². The first kappa shape index (κ1) is 17.6. The quantitative estimate of drug-likeness (QED) is 0.706. The van der Waals surface area contributed by atoms with E-state index in [1.165, 1.54) is 0 Å². The lowest BCUT2D eigenvalue weighted by Gasteiger charge is -2.30. The van der Waals surface area contributed by atoms with Crippen LogP contribution in [-0.2, 0) is 0 Å². The van der Waals surface area contributed by atoms with Gasteiger partial charge in [0.25, 0.3) is 5.91 Å². The molecular formula is C19H24N6O2. The molecule has 0 unspecified atom stereocenters. The molecule has 0 aromatic carbocycles. The maximum Gasteiger partial charge on any atom is 0.274 e.